The molecule has 26 heavy (non-hydrogen) atoms. The van der Waals surface area contributed by atoms with Crippen LogP contribution in [0.3, 0.4) is 0 Å². The normalized spacial score (nSPS) is 16.8. The van der Waals surface area contributed by atoms with Crippen LogP contribution in [-0.2, 0) is 14.6 Å². The molecule has 0 radical (unpaired) electrons. The number of sulfone groups is 1. The molecule has 7 nitrogen and oxygen atoms in total. The molecule has 0 bridgehead atoms. The van der Waals surface area contributed by atoms with Gasteiger partial charge in [0.05, 0.1) is 10.6 Å². The van der Waals surface area contributed by atoms with Gasteiger partial charge in [0.25, 0.3) is 0 Å². The van der Waals surface area contributed by atoms with Gasteiger partial charge in [-0.3, -0.25) is 9.52 Å². The van der Waals surface area contributed by atoms with E-state index in [9.17, 15) is 17.6 Å². The Morgan fingerprint density at radius 2 is 2.12 bits per heavy atom. The zero-order valence-electron chi connectivity index (χ0n) is 14.7. The SMILES string of the molecule is CC(F)S(=O)(=O)c1cc(SNC=O)ccc1NCCCN1CCNCC1. The molecule has 0 aliphatic carbocycles. The average molecular weight is 405 g/mol. The minimum absolute atomic E-state index is 0.0904. The number of halogens is 1. The van der Waals surface area contributed by atoms with Gasteiger partial charge in [-0.05, 0) is 50.0 Å². The van der Waals surface area contributed by atoms with Gasteiger partial charge in [0.15, 0.2) is 0 Å². The summed E-state index contributed by atoms with van der Waals surface area (Å²) in [6.45, 7) is 6.51. The second-order valence-electron chi connectivity index (χ2n) is 5.96. The van der Waals surface area contributed by atoms with Crippen molar-refractivity contribution >= 4 is 33.9 Å². The summed E-state index contributed by atoms with van der Waals surface area (Å²) >= 11 is 0.973. The molecule has 1 unspecified atom stereocenters. The highest BCUT2D eigenvalue weighted by atomic mass is 32.2. The largest absolute Gasteiger partial charge is 0.384 e. The summed E-state index contributed by atoms with van der Waals surface area (Å²) in [6, 6.07) is 4.67. The van der Waals surface area contributed by atoms with Crippen LogP contribution in [0.15, 0.2) is 28.0 Å². The first-order valence-electron chi connectivity index (χ1n) is 8.50. The summed E-state index contributed by atoms with van der Waals surface area (Å²) in [5.41, 5.74) is -1.63. The molecule has 3 N–H and O–H groups in total. The predicted octanol–water partition coefficient (Wildman–Crippen LogP) is 1.24. The van der Waals surface area contributed by atoms with Crippen LogP contribution in [0.2, 0.25) is 0 Å². The highest BCUT2D eigenvalue weighted by Crippen LogP contribution is 2.29. The molecule has 1 aliphatic heterocycles. The Labute approximate surface area is 158 Å². The molecule has 0 spiro atoms. The molecule has 10 heteroatoms. The van der Waals surface area contributed by atoms with Crippen LogP contribution in [-0.4, -0.2) is 64.5 Å². The molecule has 2 rings (SSSR count). The van der Waals surface area contributed by atoms with Gasteiger partial charge in [-0.25, -0.2) is 12.8 Å². The lowest BCUT2D eigenvalue weighted by Gasteiger charge is -2.27. The van der Waals surface area contributed by atoms with Crippen molar-refractivity contribution in [3.8, 4) is 0 Å². The maximum Gasteiger partial charge on any atom is 0.217 e. The van der Waals surface area contributed by atoms with E-state index < -0.39 is 15.3 Å². The zero-order valence-corrected chi connectivity index (χ0v) is 16.3. The van der Waals surface area contributed by atoms with Crippen molar-refractivity contribution in [2.75, 3.05) is 44.6 Å². The summed E-state index contributed by atoms with van der Waals surface area (Å²) < 4.78 is 40.7. The summed E-state index contributed by atoms with van der Waals surface area (Å²) in [4.78, 5) is 13.2. The number of anilines is 1. The number of carbonyl (C=O) groups excluding carboxylic acids is 1. The maximum absolute atomic E-state index is 13.7. The van der Waals surface area contributed by atoms with Crippen molar-refractivity contribution < 1.29 is 17.6 Å². The third kappa shape index (κ3) is 5.83. The molecule has 1 amide bonds. The quantitative estimate of drug-likeness (QED) is 0.307. The highest BCUT2D eigenvalue weighted by molar-refractivity contribution is 7.98. The molecule has 1 aromatic carbocycles. The number of amides is 1. The van der Waals surface area contributed by atoms with Crippen LogP contribution in [0.1, 0.15) is 13.3 Å². The average Bonchev–Trinajstić information content (AvgIpc) is 2.64. The number of nitrogens with one attached hydrogen (secondary N) is 3. The first kappa shape index (κ1) is 20.9. The molecular weight excluding hydrogens is 379 g/mol. The van der Waals surface area contributed by atoms with E-state index in [0.717, 1.165) is 58.0 Å². The third-order valence-corrected chi connectivity index (χ3v) is 6.60. The fourth-order valence-electron chi connectivity index (χ4n) is 2.68. The van der Waals surface area contributed by atoms with Crippen molar-refractivity contribution in [1.82, 2.24) is 14.9 Å². The molecule has 1 heterocycles. The van der Waals surface area contributed by atoms with Crippen molar-refractivity contribution in [2.24, 2.45) is 0 Å². The molecule has 0 saturated carbocycles. The summed E-state index contributed by atoms with van der Waals surface area (Å²) in [5, 5.41) is 6.41. The Morgan fingerprint density at radius 1 is 1.38 bits per heavy atom. The van der Waals surface area contributed by atoms with Crippen LogP contribution in [0, 0.1) is 0 Å². The lowest BCUT2D eigenvalue weighted by atomic mass is 10.3. The summed E-state index contributed by atoms with van der Waals surface area (Å²) in [5.74, 6) is 0. The minimum atomic E-state index is -4.09. The van der Waals surface area contributed by atoms with E-state index in [1.807, 2.05) is 0 Å². The molecule has 1 fully saturated rings. The van der Waals surface area contributed by atoms with E-state index in [1.54, 1.807) is 12.1 Å². The highest BCUT2D eigenvalue weighted by Gasteiger charge is 2.26. The number of nitrogens with zero attached hydrogens (tertiary/aromatic N) is 1. The molecule has 146 valence electrons. The fraction of sp³-hybridized carbons (Fsp3) is 0.562. The van der Waals surface area contributed by atoms with Gasteiger partial charge in [-0.15, -0.1) is 0 Å². The molecular formula is C16H25FN4O3S2. The van der Waals surface area contributed by atoms with Gasteiger partial charge in [0.2, 0.25) is 21.8 Å². The Kier molecular flexibility index (Phi) is 8.14. The number of benzene rings is 1. The van der Waals surface area contributed by atoms with Gasteiger partial charge in [0, 0.05) is 37.6 Å². The van der Waals surface area contributed by atoms with Crippen molar-refractivity contribution in [1.29, 1.82) is 0 Å². The van der Waals surface area contributed by atoms with Crippen molar-refractivity contribution in [3.63, 3.8) is 0 Å². The Hall–Kier alpha value is -1.36. The number of alkyl halides is 1. The lowest BCUT2D eigenvalue weighted by Crippen LogP contribution is -2.44. The number of carbonyl (C=O) groups is 1. The number of hydrogen-bond acceptors (Lipinski definition) is 7. The summed E-state index contributed by atoms with van der Waals surface area (Å²) in [7, 11) is -4.09. The van der Waals surface area contributed by atoms with Crippen LogP contribution < -0.4 is 15.4 Å². The second-order valence-corrected chi connectivity index (χ2v) is 9.05. The zero-order chi connectivity index (χ0) is 19.0. The fourth-order valence-corrected chi connectivity index (χ4v) is 4.33. The molecule has 1 aliphatic rings. The molecule has 1 aromatic rings. The number of rotatable bonds is 10. The first-order valence-corrected chi connectivity index (χ1v) is 10.9. The molecule has 0 aromatic heterocycles. The van der Waals surface area contributed by atoms with E-state index >= 15 is 0 Å². The van der Waals surface area contributed by atoms with Gasteiger partial charge in [0.1, 0.15) is 0 Å². The lowest BCUT2D eigenvalue weighted by molar-refractivity contribution is -0.107. The van der Waals surface area contributed by atoms with Crippen LogP contribution >= 0.6 is 11.9 Å². The van der Waals surface area contributed by atoms with Crippen LogP contribution in [0.5, 0.6) is 0 Å². The van der Waals surface area contributed by atoms with Crippen molar-refractivity contribution in [2.45, 2.75) is 28.6 Å². The number of piperazine rings is 1. The Balaban J connectivity index is 2.04. The smallest absolute Gasteiger partial charge is 0.217 e. The Bertz CT molecular complexity index is 695. The minimum Gasteiger partial charge on any atom is -0.384 e. The van der Waals surface area contributed by atoms with Crippen LogP contribution in [0.25, 0.3) is 0 Å². The van der Waals surface area contributed by atoms with E-state index in [0.29, 0.717) is 23.5 Å². The monoisotopic (exact) mass is 404 g/mol. The topological polar surface area (TPSA) is 90.5 Å². The van der Waals surface area contributed by atoms with Crippen molar-refractivity contribution in [3.05, 3.63) is 18.2 Å². The van der Waals surface area contributed by atoms with Gasteiger partial charge >= 0.3 is 0 Å². The van der Waals surface area contributed by atoms with E-state index in [-0.39, 0.29) is 4.90 Å². The maximum atomic E-state index is 13.7. The predicted molar refractivity (Wildman–Crippen MR) is 102 cm³/mol. The third-order valence-electron chi connectivity index (χ3n) is 4.09. The number of hydrogen-bond donors (Lipinski definition) is 3. The van der Waals surface area contributed by atoms with E-state index in [4.69, 9.17) is 0 Å². The Morgan fingerprint density at radius 3 is 2.77 bits per heavy atom. The second kappa shape index (κ2) is 10.1. The first-order chi connectivity index (χ1) is 12.4. The van der Waals surface area contributed by atoms with E-state index in [1.165, 1.54) is 6.07 Å². The standard InChI is InChI=1S/C16H25FN4O3S2/c1-13(17)26(23,24)16-11-14(25-20-12-22)3-4-15(16)19-5-2-8-21-9-6-18-7-10-21/h3-4,11-13,18-19H,2,5-10H2,1H3,(H,20,22). The summed E-state index contributed by atoms with van der Waals surface area (Å²) in [6.07, 6.45) is 1.35. The molecule has 1 atom stereocenters. The van der Waals surface area contributed by atoms with Crippen LogP contribution in [0.4, 0.5) is 10.1 Å². The van der Waals surface area contributed by atoms with Gasteiger partial charge < -0.3 is 15.5 Å². The van der Waals surface area contributed by atoms with Gasteiger partial charge in [-0.1, -0.05) is 0 Å². The molecule has 1 saturated heterocycles. The van der Waals surface area contributed by atoms with E-state index in [2.05, 4.69) is 20.3 Å². The van der Waals surface area contributed by atoms with Gasteiger partial charge in [-0.2, -0.15) is 0 Å².